The third kappa shape index (κ3) is 3.13. The number of benzene rings is 1. The van der Waals surface area contributed by atoms with E-state index in [0.29, 0.717) is 24.0 Å². The second-order valence-electron chi connectivity index (χ2n) is 5.57. The zero-order valence-electron chi connectivity index (χ0n) is 12.2. The highest BCUT2D eigenvalue weighted by atomic mass is 35.5. The first-order chi connectivity index (χ1) is 9.04. The molecule has 1 heterocycles. The molecule has 0 spiro atoms. The molecular weight excluding hydrogens is 258 g/mol. The fourth-order valence-electron chi connectivity index (χ4n) is 3.23. The summed E-state index contributed by atoms with van der Waals surface area (Å²) in [4.78, 5) is 0. The van der Waals surface area contributed by atoms with Gasteiger partial charge in [-0.2, -0.15) is 0 Å². The standard InChI is InChI=1S/C16H24ClNO/c1-5-18-16(13-6-8-14(17)9-7-13)15-10(2)11(3)19-12(15)4/h6-12,15-16,18H,5H2,1-4H3. The topological polar surface area (TPSA) is 21.3 Å². The van der Waals surface area contributed by atoms with Crippen molar-refractivity contribution in [3.05, 3.63) is 34.9 Å². The lowest BCUT2D eigenvalue weighted by molar-refractivity contribution is 0.0476. The smallest absolute Gasteiger partial charge is 0.0600 e. The molecule has 5 unspecified atom stereocenters. The van der Waals surface area contributed by atoms with Gasteiger partial charge in [-0.05, 0) is 44.0 Å². The molecule has 5 atom stereocenters. The van der Waals surface area contributed by atoms with E-state index >= 15 is 0 Å². The van der Waals surface area contributed by atoms with Gasteiger partial charge in [-0.15, -0.1) is 0 Å². The molecule has 1 aromatic carbocycles. The molecule has 1 saturated heterocycles. The van der Waals surface area contributed by atoms with Gasteiger partial charge in [0, 0.05) is 17.0 Å². The van der Waals surface area contributed by atoms with E-state index in [1.807, 2.05) is 12.1 Å². The summed E-state index contributed by atoms with van der Waals surface area (Å²) in [5.41, 5.74) is 1.30. The summed E-state index contributed by atoms with van der Waals surface area (Å²) in [5.74, 6) is 1.05. The molecule has 0 amide bonds. The van der Waals surface area contributed by atoms with Crippen molar-refractivity contribution in [3.8, 4) is 0 Å². The molecule has 3 heteroatoms. The highest BCUT2D eigenvalue weighted by Gasteiger charge is 2.41. The second-order valence-corrected chi connectivity index (χ2v) is 6.01. The Kier molecular flexibility index (Phi) is 4.88. The molecule has 2 rings (SSSR count). The van der Waals surface area contributed by atoms with Gasteiger partial charge in [0.15, 0.2) is 0 Å². The maximum Gasteiger partial charge on any atom is 0.0600 e. The molecule has 2 nitrogen and oxygen atoms in total. The molecule has 106 valence electrons. The highest BCUT2D eigenvalue weighted by Crippen LogP contribution is 2.40. The van der Waals surface area contributed by atoms with Crippen LogP contribution in [-0.4, -0.2) is 18.8 Å². The largest absolute Gasteiger partial charge is 0.375 e. The Labute approximate surface area is 121 Å². The lowest BCUT2D eigenvalue weighted by Gasteiger charge is -2.30. The average molecular weight is 282 g/mol. The number of rotatable bonds is 4. The molecule has 0 aliphatic carbocycles. The van der Waals surface area contributed by atoms with Crippen LogP contribution in [-0.2, 0) is 4.74 Å². The SMILES string of the molecule is CCNC(c1ccc(Cl)cc1)C1C(C)OC(C)C1C. The van der Waals surface area contributed by atoms with Crippen LogP contribution in [0.3, 0.4) is 0 Å². The molecule has 1 aliphatic rings. The minimum atomic E-state index is 0.282. The van der Waals surface area contributed by atoms with Gasteiger partial charge in [0.25, 0.3) is 0 Å². The lowest BCUT2D eigenvalue weighted by Crippen LogP contribution is -2.34. The second kappa shape index (κ2) is 6.25. The predicted octanol–water partition coefficient (Wildman–Crippen LogP) is 4.05. The summed E-state index contributed by atoms with van der Waals surface area (Å²) >= 11 is 5.99. The van der Waals surface area contributed by atoms with Crippen molar-refractivity contribution in [2.75, 3.05) is 6.54 Å². The van der Waals surface area contributed by atoms with Crippen LogP contribution in [0.4, 0.5) is 0 Å². The molecule has 0 aromatic heterocycles. The van der Waals surface area contributed by atoms with Crippen LogP contribution >= 0.6 is 11.6 Å². The fraction of sp³-hybridized carbons (Fsp3) is 0.625. The molecule has 19 heavy (non-hydrogen) atoms. The van der Waals surface area contributed by atoms with Crippen molar-refractivity contribution in [2.45, 2.75) is 45.9 Å². The number of hydrogen-bond acceptors (Lipinski definition) is 2. The zero-order chi connectivity index (χ0) is 14.0. The van der Waals surface area contributed by atoms with Crippen molar-refractivity contribution in [2.24, 2.45) is 11.8 Å². The normalized spacial score (nSPS) is 32.5. The zero-order valence-corrected chi connectivity index (χ0v) is 12.9. The Morgan fingerprint density at radius 3 is 2.26 bits per heavy atom. The van der Waals surface area contributed by atoms with Crippen molar-refractivity contribution in [3.63, 3.8) is 0 Å². The summed E-state index contributed by atoms with van der Waals surface area (Å²) < 4.78 is 5.99. The Morgan fingerprint density at radius 2 is 1.79 bits per heavy atom. The van der Waals surface area contributed by atoms with Crippen LogP contribution in [0.5, 0.6) is 0 Å². The highest BCUT2D eigenvalue weighted by molar-refractivity contribution is 6.30. The number of nitrogens with one attached hydrogen (secondary N) is 1. The van der Waals surface area contributed by atoms with Gasteiger partial charge in [-0.25, -0.2) is 0 Å². The number of ether oxygens (including phenoxy) is 1. The van der Waals surface area contributed by atoms with Crippen molar-refractivity contribution >= 4 is 11.6 Å². The molecule has 1 N–H and O–H groups in total. The average Bonchev–Trinajstić information content (AvgIpc) is 2.62. The maximum absolute atomic E-state index is 5.99. The van der Waals surface area contributed by atoms with Crippen LogP contribution in [0.2, 0.25) is 5.02 Å². The molecule has 0 bridgehead atoms. The van der Waals surface area contributed by atoms with E-state index < -0.39 is 0 Å². The maximum atomic E-state index is 5.99. The summed E-state index contributed by atoms with van der Waals surface area (Å²) in [6, 6.07) is 8.51. The fourth-order valence-corrected chi connectivity index (χ4v) is 3.36. The summed E-state index contributed by atoms with van der Waals surface area (Å²) in [7, 11) is 0. The summed E-state index contributed by atoms with van der Waals surface area (Å²) in [6.07, 6.45) is 0.609. The molecule has 1 aromatic rings. The predicted molar refractivity (Wildman–Crippen MR) is 80.5 cm³/mol. The Bertz CT molecular complexity index is 406. The van der Waals surface area contributed by atoms with Crippen LogP contribution < -0.4 is 5.32 Å². The van der Waals surface area contributed by atoms with Gasteiger partial charge >= 0.3 is 0 Å². The van der Waals surface area contributed by atoms with E-state index in [4.69, 9.17) is 16.3 Å². The van der Waals surface area contributed by atoms with E-state index in [1.54, 1.807) is 0 Å². The van der Waals surface area contributed by atoms with Gasteiger partial charge in [-0.3, -0.25) is 0 Å². The third-order valence-electron chi connectivity index (χ3n) is 4.36. The van der Waals surface area contributed by atoms with Crippen LogP contribution in [0.15, 0.2) is 24.3 Å². The van der Waals surface area contributed by atoms with Gasteiger partial charge in [0.05, 0.1) is 12.2 Å². The Morgan fingerprint density at radius 1 is 1.16 bits per heavy atom. The van der Waals surface area contributed by atoms with E-state index in [1.165, 1.54) is 5.56 Å². The van der Waals surface area contributed by atoms with Crippen LogP contribution in [0.25, 0.3) is 0 Å². The summed E-state index contributed by atoms with van der Waals surface area (Å²) in [5, 5.41) is 4.41. The van der Waals surface area contributed by atoms with Crippen molar-refractivity contribution in [1.29, 1.82) is 0 Å². The Balaban J connectivity index is 2.27. The number of halogens is 1. The molecular formula is C16H24ClNO. The van der Waals surface area contributed by atoms with Gasteiger partial charge in [-0.1, -0.05) is 37.6 Å². The first-order valence-electron chi connectivity index (χ1n) is 7.19. The summed E-state index contributed by atoms with van der Waals surface area (Å²) in [6.45, 7) is 9.76. The molecule has 1 fully saturated rings. The van der Waals surface area contributed by atoms with E-state index in [9.17, 15) is 0 Å². The third-order valence-corrected chi connectivity index (χ3v) is 4.61. The van der Waals surface area contributed by atoms with E-state index in [2.05, 4.69) is 45.1 Å². The molecule has 1 aliphatic heterocycles. The van der Waals surface area contributed by atoms with Crippen LogP contribution in [0.1, 0.15) is 39.3 Å². The molecule has 0 saturated carbocycles. The van der Waals surface area contributed by atoms with Crippen molar-refractivity contribution < 1.29 is 4.74 Å². The quantitative estimate of drug-likeness (QED) is 0.899. The Hall–Kier alpha value is -0.570. The van der Waals surface area contributed by atoms with E-state index in [-0.39, 0.29) is 6.10 Å². The minimum absolute atomic E-state index is 0.282. The van der Waals surface area contributed by atoms with Gasteiger partial charge < -0.3 is 10.1 Å². The van der Waals surface area contributed by atoms with Crippen molar-refractivity contribution in [1.82, 2.24) is 5.32 Å². The molecule has 0 radical (unpaired) electrons. The van der Waals surface area contributed by atoms with Crippen LogP contribution in [0, 0.1) is 11.8 Å². The van der Waals surface area contributed by atoms with Gasteiger partial charge in [0.1, 0.15) is 0 Å². The first kappa shape index (κ1) is 14.8. The van der Waals surface area contributed by atoms with E-state index in [0.717, 1.165) is 11.6 Å². The lowest BCUT2D eigenvalue weighted by atomic mass is 9.80. The first-order valence-corrected chi connectivity index (χ1v) is 7.56. The number of hydrogen-bond donors (Lipinski definition) is 1. The monoisotopic (exact) mass is 281 g/mol. The van der Waals surface area contributed by atoms with Gasteiger partial charge in [0.2, 0.25) is 0 Å². The minimum Gasteiger partial charge on any atom is -0.375 e.